The smallest absolute Gasteiger partial charge is 0 e. The maximum atomic E-state index is 0. The van der Waals surface area contributed by atoms with E-state index in [-0.39, 0.29) is 102 Å². The minimum Gasteiger partial charge on any atom is 0 e. The van der Waals surface area contributed by atoms with E-state index in [1.807, 2.05) is 0 Å². The first-order valence-electron chi connectivity index (χ1n) is 0. The standard InChI is InChI=1S/Fe.Li.Mg.Mn.Zr. The molecule has 0 spiro atoms. The van der Waals surface area contributed by atoms with E-state index in [1.165, 1.54) is 0 Å². The molecule has 0 unspecified atom stereocenters. The summed E-state index contributed by atoms with van der Waals surface area (Å²) in [6.45, 7) is 0. The molecule has 0 bridgehead atoms. The molecule has 5 heteroatoms. The first kappa shape index (κ1) is 40.7. The van der Waals surface area contributed by atoms with Crippen LogP contribution in [0, 0.1) is 0 Å². The zero-order valence-electron chi connectivity index (χ0n) is 2.94. The Morgan fingerprint density at radius 3 is 1.00 bits per heavy atom. The summed E-state index contributed by atoms with van der Waals surface area (Å²) in [5.41, 5.74) is 0. The molecule has 0 aromatic carbocycles. The molecule has 0 fully saturated rings. The van der Waals surface area contributed by atoms with Crippen molar-refractivity contribution in [1.29, 1.82) is 0 Å². The van der Waals surface area contributed by atoms with Gasteiger partial charge in [-0.2, -0.15) is 0 Å². The molecule has 0 aromatic rings. The van der Waals surface area contributed by atoms with Gasteiger partial charge in [0.1, 0.15) is 0 Å². The summed E-state index contributed by atoms with van der Waals surface area (Å²) in [6, 6.07) is 0. The predicted molar refractivity (Wildman–Crippen MR) is 11.5 cm³/mol. The number of hydrogen-bond acceptors (Lipinski definition) is 0. The maximum absolute atomic E-state index is 0. The molecule has 0 nitrogen and oxygen atoms in total. The molecule has 0 aliphatic rings. The normalized spacial score (nSPS) is 0. The first-order valence-corrected chi connectivity index (χ1v) is 0. The van der Waals surface area contributed by atoms with Crippen molar-refractivity contribution in [2.75, 3.05) is 0 Å². The Morgan fingerprint density at radius 1 is 1.00 bits per heavy atom. The fourth-order valence-electron chi connectivity index (χ4n) is 0. The molecule has 4 radical (unpaired) electrons. The third kappa shape index (κ3) is 18.9. The fraction of sp³-hybridized carbons (Fsp3) is 0. The monoisotopic (exact) mass is 232 g/mol. The summed E-state index contributed by atoms with van der Waals surface area (Å²) in [4.78, 5) is 0. The van der Waals surface area contributed by atoms with E-state index in [0.717, 1.165) is 0 Å². The van der Waals surface area contributed by atoms with Gasteiger partial charge in [-0.05, 0) is 0 Å². The van der Waals surface area contributed by atoms with Crippen LogP contribution in [0.1, 0.15) is 0 Å². The van der Waals surface area contributed by atoms with Gasteiger partial charge in [0.15, 0.2) is 0 Å². The van der Waals surface area contributed by atoms with Crippen LogP contribution in [0.5, 0.6) is 0 Å². The molecule has 0 aliphatic heterocycles. The average molecular weight is 233 g/mol. The average Bonchev–Trinajstić information content (AvgIpc) is 0. The van der Waals surface area contributed by atoms with Crippen molar-refractivity contribution in [2.45, 2.75) is 0 Å². The molecular formula is FeLiMgMnZr. The number of rotatable bonds is 0. The van der Waals surface area contributed by atoms with E-state index >= 15 is 0 Å². The summed E-state index contributed by atoms with van der Waals surface area (Å²) in [6.07, 6.45) is 0. The Morgan fingerprint density at radius 2 is 1.00 bits per heavy atom. The Hall–Kier alpha value is 3.29. The molecule has 0 heterocycles. The third-order valence-electron chi connectivity index (χ3n) is 0. The van der Waals surface area contributed by atoms with Gasteiger partial charge in [0.2, 0.25) is 0 Å². The van der Waals surface area contributed by atoms with Crippen LogP contribution in [0.2, 0.25) is 0 Å². The van der Waals surface area contributed by atoms with Gasteiger partial charge in [0, 0.05) is 102 Å². The fourth-order valence-corrected chi connectivity index (χ4v) is 0. The molecule has 0 atom stereocenters. The van der Waals surface area contributed by atoms with E-state index in [1.54, 1.807) is 0 Å². The maximum Gasteiger partial charge on any atom is 0 e. The van der Waals surface area contributed by atoms with Crippen LogP contribution in [0.15, 0.2) is 0 Å². The second kappa shape index (κ2) is 26.7. The van der Waals surface area contributed by atoms with Crippen LogP contribution < -0.4 is 0 Å². The molecule has 0 N–H and O–H groups in total. The van der Waals surface area contributed by atoms with Gasteiger partial charge in [0.25, 0.3) is 0 Å². The van der Waals surface area contributed by atoms with Crippen molar-refractivity contribution in [3.05, 3.63) is 0 Å². The first-order chi connectivity index (χ1) is 0. The van der Waals surface area contributed by atoms with Crippen LogP contribution >= 0.6 is 0 Å². The van der Waals surface area contributed by atoms with Crippen molar-refractivity contribution >= 4 is 41.9 Å². The molecule has 0 aromatic heterocycles. The molecule has 0 amide bonds. The Bertz CT molecular complexity index is 11.6. The van der Waals surface area contributed by atoms with Crippen LogP contribution in [-0.4, -0.2) is 41.9 Å². The Kier molecular flexibility index (Phi) is 217. The zero-order valence-corrected chi connectivity index (χ0v) is 9.10. The topological polar surface area (TPSA) is 0 Å². The van der Waals surface area contributed by atoms with Crippen molar-refractivity contribution in [3.63, 3.8) is 0 Å². The van der Waals surface area contributed by atoms with Gasteiger partial charge in [-0.25, -0.2) is 0 Å². The molecule has 5 heavy (non-hydrogen) atoms. The minimum absolute atomic E-state index is 0. The van der Waals surface area contributed by atoms with Crippen molar-refractivity contribution in [3.8, 4) is 0 Å². The van der Waals surface area contributed by atoms with E-state index in [0.29, 0.717) is 0 Å². The zero-order chi connectivity index (χ0) is 0. The van der Waals surface area contributed by atoms with Crippen molar-refractivity contribution in [1.82, 2.24) is 0 Å². The summed E-state index contributed by atoms with van der Waals surface area (Å²) in [5.74, 6) is 0. The van der Waals surface area contributed by atoms with Gasteiger partial charge in [-0.15, -0.1) is 0 Å². The molecule has 0 rings (SSSR count). The Labute approximate surface area is 100 Å². The van der Waals surface area contributed by atoms with Crippen LogP contribution in [0.4, 0.5) is 0 Å². The molecule has 0 saturated heterocycles. The van der Waals surface area contributed by atoms with Crippen LogP contribution in [0.3, 0.4) is 0 Å². The minimum atomic E-state index is 0. The van der Waals surface area contributed by atoms with Gasteiger partial charge in [0.05, 0.1) is 0 Å². The second-order valence-corrected chi connectivity index (χ2v) is 0. The SMILES string of the molecule is [Fe].[Li].[Mg].[Mn].[Zr]. The van der Waals surface area contributed by atoms with Gasteiger partial charge < -0.3 is 0 Å². The summed E-state index contributed by atoms with van der Waals surface area (Å²) < 4.78 is 0. The van der Waals surface area contributed by atoms with Gasteiger partial charge >= 0.3 is 0 Å². The Balaban J connectivity index is 0. The molecule has 0 aliphatic carbocycles. The summed E-state index contributed by atoms with van der Waals surface area (Å²) in [7, 11) is 0. The summed E-state index contributed by atoms with van der Waals surface area (Å²) >= 11 is 0. The quantitative estimate of drug-likeness (QED) is 0.482. The van der Waals surface area contributed by atoms with Gasteiger partial charge in [-0.1, -0.05) is 0 Å². The second-order valence-electron chi connectivity index (χ2n) is 0. The molecule has 0 saturated carbocycles. The van der Waals surface area contributed by atoms with Crippen molar-refractivity contribution in [2.24, 2.45) is 0 Å². The largest absolute Gasteiger partial charge is 0 e. The van der Waals surface area contributed by atoms with Crippen LogP contribution in [-0.2, 0) is 60.3 Å². The van der Waals surface area contributed by atoms with E-state index < -0.39 is 0 Å². The van der Waals surface area contributed by atoms with E-state index in [9.17, 15) is 0 Å². The van der Waals surface area contributed by atoms with E-state index in [4.69, 9.17) is 0 Å². The van der Waals surface area contributed by atoms with Crippen molar-refractivity contribution < 1.29 is 60.3 Å². The van der Waals surface area contributed by atoms with Gasteiger partial charge in [-0.3, -0.25) is 0 Å². The third-order valence-corrected chi connectivity index (χ3v) is 0. The molecule has 22 valence electrons. The number of hydrogen-bond donors (Lipinski definition) is 0. The van der Waals surface area contributed by atoms with Crippen LogP contribution in [0.25, 0.3) is 0 Å². The predicted octanol–water partition coefficient (Wildman–Crippen LogP) is -0.769. The summed E-state index contributed by atoms with van der Waals surface area (Å²) in [5, 5.41) is 0. The van der Waals surface area contributed by atoms with E-state index in [2.05, 4.69) is 0 Å². The molecular weight excluding hydrogens is 233 g/mol.